The summed E-state index contributed by atoms with van der Waals surface area (Å²) in [5.41, 5.74) is 0.536. The molecule has 0 unspecified atom stereocenters. The first-order chi connectivity index (χ1) is 15.8. The maximum Gasteiger partial charge on any atom is 0.257 e. The normalized spacial score (nSPS) is 13.7. The minimum atomic E-state index is -0.618. The first-order valence-corrected chi connectivity index (χ1v) is 9.30. The molecular weight excluding hydrogens is 351 g/mol. The van der Waals surface area contributed by atoms with Gasteiger partial charge in [-0.2, -0.15) is 0 Å². The fourth-order valence-corrected chi connectivity index (χ4v) is 3.27. The van der Waals surface area contributed by atoms with Gasteiger partial charge in [0.15, 0.2) is 0 Å². The topological polar surface area (TPSA) is 34.0 Å². The number of benzene rings is 3. The molecule has 3 aromatic carbocycles. The molecule has 0 aliphatic carbocycles. The van der Waals surface area contributed by atoms with Gasteiger partial charge in [-0.15, -0.1) is 0 Å². The van der Waals surface area contributed by atoms with Crippen molar-refractivity contribution >= 4 is 33.3 Å². The highest BCUT2D eigenvalue weighted by Gasteiger charge is 2.15. The second-order valence-electron chi connectivity index (χ2n) is 6.63. The average molecular weight is 379 g/mol. The number of nitrogens with zero attached hydrogens (tertiary/aromatic N) is 1. The van der Waals surface area contributed by atoms with Gasteiger partial charge in [-0.05, 0) is 48.2 Å². The standard InChI is InChI=1S/C24H23FN2O/c25-14-6-1-7-15-27-17-22(21-10-4-5-11-23(21)27)24(28)26-20-13-12-18-8-2-3-9-19(18)16-20/h2-5,8-13,16-17H,1,6-7,14-15H2,(H,26,28)/i4D,5D,10D,11D,17D. The SMILES string of the molecule is [2H]c1c([2H])c([2H])c2c(c1[2H])c(C(=O)Nc1ccc3ccccc3c1)c([2H])n2CCCCCF. The molecule has 0 saturated heterocycles. The molecule has 0 saturated carbocycles. The smallest absolute Gasteiger partial charge is 0.257 e. The summed E-state index contributed by atoms with van der Waals surface area (Å²) in [6, 6.07) is 11.6. The highest BCUT2D eigenvalue weighted by atomic mass is 19.1. The number of carbonyl (C=O) groups excluding carboxylic acids is 1. The van der Waals surface area contributed by atoms with E-state index in [4.69, 9.17) is 6.85 Å². The molecule has 1 amide bonds. The van der Waals surface area contributed by atoms with Gasteiger partial charge >= 0.3 is 0 Å². The average Bonchev–Trinajstić information content (AvgIpc) is 3.11. The van der Waals surface area contributed by atoms with E-state index in [1.165, 1.54) is 4.57 Å². The number of aryl methyl sites for hydroxylation is 1. The monoisotopic (exact) mass is 379 g/mol. The van der Waals surface area contributed by atoms with E-state index >= 15 is 0 Å². The number of hydrogen-bond acceptors (Lipinski definition) is 1. The highest BCUT2D eigenvalue weighted by molar-refractivity contribution is 6.13. The lowest BCUT2D eigenvalue weighted by atomic mass is 10.1. The molecule has 3 nitrogen and oxygen atoms in total. The van der Waals surface area contributed by atoms with Gasteiger partial charge in [-0.1, -0.05) is 48.5 Å². The second-order valence-corrected chi connectivity index (χ2v) is 6.63. The maximum atomic E-state index is 13.3. The first-order valence-electron chi connectivity index (χ1n) is 11.8. The number of unbranched alkanes of at least 4 members (excludes halogenated alkanes) is 2. The van der Waals surface area contributed by atoms with Gasteiger partial charge in [-0.3, -0.25) is 9.18 Å². The molecule has 0 radical (unpaired) electrons. The molecule has 0 fully saturated rings. The molecule has 0 atom stereocenters. The molecule has 1 aromatic heterocycles. The number of halogens is 1. The summed E-state index contributed by atoms with van der Waals surface area (Å²) in [5, 5.41) is 4.74. The number of nitrogens with one attached hydrogen (secondary N) is 1. The van der Waals surface area contributed by atoms with E-state index in [1.54, 1.807) is 6.07 Å². The lowest BCUT2D eigenvalue weighted by molar-refractivity contribution is 0.102. The van der Waals surface area contributed by atoms with Gasteiger partial charge in [-0.25, -0.2) is 0 Å². The van der Waals surface area contributed by atoms with Crippen LogP contribution in [0.3, 0.4) is 0 Å². The number of alkyl halides is 1. The third-order valence-electron chi connectivity index (χ3n) is 4.68. The first kappa shape index (κ1) is 13.1. The molecular formula is C24H23FN2O. The largest absolute Gasteiger partial charge is 0.347 e. The number of fused-ring (bicyclic) bond motifs is 2. The van der Waals surface area contributed by atoms with E-state index in [-0.39, 0.29) is 41.3 Å². The molecule has 0 aliphatic rings. The predicted molar refractivity (Wildman–Crippen MR) is 114 cm³/mol. The predicted octanol–water partition coefficient (Wildman–Crippen LogP) is 6.19. The molecule has 1 heterocycles. The number of rotatable bonds is 7. The van der Waals surface area contributed by atoms with Gasteiger partial charge in [0.1, 0.15) is 0 Å². The lowest BCUT2D eigenvalue weighted by Crippen LogP contribution is -2.11. The van der Waals surface area contributed by atoms with Crippen molar-refractivity contribution in [1.82, 2.24) is 4.57 Å². The molecule has 0 bridgehead atoms. The number of hydrogen-bond donors (Lipinski definition) is 1. The number of para-hydroxylation sites is 1. The van der Waals surface area contributed by atoms with E-state index < -0.39 is 24.7 Å². The Bertz CT molecular complexity index is 1370. The van der Waals surface area contributed by atoms with E-state index in [2.05, 4.69) is 5.32 Å². The summed E-state index contributed by atoms with van der Waals surface area (Å²) >= 11 is 0. The summed E-state index contributed by atoms with van der Waals surface area (Å²) < 4.78 is 55.4. The van der Waals surface area contributed by atoms with Crippen molar-refractivity contribution < 1.29 is 16.0 Å². The molecule has 28 heavy (non-hydrogen) atoms. The molecule has 0 spiro atoms. The van der Waals surface area contributed by atoms with Crippen molar-refractivity contribution in [1.29, 1.82) is 0 Å². The Morgan fingerprint density at radius 1 is 1.04 bits per heavy atom. The van der Waals surface area contributed by atoms with Crippen LogP contribution >= 0.6 is 0 Å². The molecule has 0 aliphatic heterocycles. The number of anilines is 1. The quantitative estimate of drug-likeness (QED) is 0.382. The third kappa shape index (κ3) is 3.77. The Morgan fingerprint density at radius 2 is 1.86 bits per heavy atom. The highest BCUT2D eigenvalue weighted by Crippen LogP contribution is 2.24. The Balaban J connectivity index is 1.81. The zero-order chi connectivity index (χ0) is 23.7. The molecule has 1 N–H and O–H groups in total. The van der Waals surface area contributed by atoms with Gasteiger partial charge in [0.25, 0.3) is 5.91 Å². The fourth-order valence-electron chi connectivity index (χ4n) is 3.27. The third-order valence-corrected chi connectivity index (χ3v) is 4.68. The van der Waals surface area contributed by atoms with Crippen molar-refractivity contribution in [2.75, 3.05) is 12.0 Å². The molecule has 4 heteroatoms. The van der Waals surface area contributed by atoms with Crippen LogP contribution in [0.4, 0.5) is 10.1 Å². The summed E-state index contributed by atoms with van der Waals surface area (Å²) in [6.45, 7) is -0.195. The Kier molecular flexibility index (Phi) is 3.87. The van der Waals surface area contributed by atoms with Crippen LogP contribution in [0.2, 0.25) is 0 Å². The van der Waals surface area contributed by atoms with E-state index in [9.17, 15) is 9.18 Å². The van der Waals surface area contributed by atoms with Crippen molar-refractivity contribution in [3.8, 4) is 0 Å². The minimum absolute atomic E-state index is 0.0229. The maximum absolute atomic E-state index is 13.3. The van der Waals surface area contributed by atoms with Crippen molar-refractivity contribution in [2.45, 2.75) is 25.8 Å². The molecule has 4 aromatic rings. The molecule has 142 valence electrons. The Hall–Kier alpha value is -3.14. The van der Waals surface area contributed by atoms with Crippen molar-refractivity contribution in [3.05, 3.63) is 78.4 Å². The van der Waals surface area contributed by atoms with Gasteiger partial charge in [0.2, 0.25) is 0 Å². The van der Waals surface area contributed by atoms with E-state index in [0.29, 0.717) is 24.9 Å². The van der Waals surface area contributed by atoms with E-state index in [0.717, 1.165) is 10.8 Å². The van der Waals surface area contributed by atoms with Gasteiger partial charge < -0.3 is 9.88 Å². The summed E-state index contributed by atoms with van der Waals surface area (Å²) in [6.07, 6.45) is 1.28. The van der Waals surface area contributed by atoms with Crippen LogP contribution in [0.15, 0.2) is 72.8 Å². The Morgan fingerprint density at radius 3 is 2.71 bits per heavy atom. The van der Waals surface area contributed by atoms with Crippen LogP contribution in [0.1, 0.15) is 36.5 Å². The van der Waals surface area contributed by atoms with Crippen molar-refractivity contribution in [3.63, 3.8) is 0 Å². The summed E-state index contributed by atoms with van der Waals surface area (Å²) in [5.74, 6) is -0.618. The number of amides is 1. The van der Waals surface area contributed by atoms with Crippen LogP contribution < -0.4 is 5.32 Å². The van der Waals surface area contributed by atoms with Crippen LogP contribution in [-0.4, -0.2) is 17.1 Å². The van der Waals surface area contributed by atoms with E-state index in [1.807, 2.05) is 36.4 Å². The minimum Gasteiger partial charge on any atom is -0.347 e. The van der Waals surface area contributed by atoms with Crippen LogP contribution in [-0.2, 0) is 6.54 Å². The van der Waals surface area contributed by atoms with Gasteiger partial charge in [0, 0.05) is 29.3 Å². The van der Waals surface area contributed by atoms with Crippen LogP contribution in [0, 0.1) is 0 Å². The fraction of sp³-hybridized carbons (Fsp3) is 0.208. The lowest BCUT2D eigenvalue weighted by Gasteiger charge is -2.06. The zero-order valence-electron chi connectivity index (χ0n) is 20.3. The Labute approximate surface area is 170 Å². The van der Waals surface area contributed by atoms with Crippen molar-refractivity contribution in [2.24, 2.45) is 0 Å². The van der Waals surface area contributed by atoms with Gasteiger partial charge in [0.05, 0.1) is 19.1 Å². The zero-order valence-corrected chi connectivity index (χ0v) is 15.3. The second kappa shape index (κ2) is 8.26. The summed E-state index contributed by atoms with van der Waals surface area (Å²) in [7, 11) is 0. The van der Waals surface area contributed by atoms with Crippen LogP contribution in [0.25, 0.3) is 21.7 Å². The molecule has 4 rings (SSSR count). The van der Waals surface area contributed by atoms with Crippen LogP contribution in [0.5, 0.6) is 0 Å². The number of aromatic nitrogens is 1. The summed E-state index contributed by atoms with van der Waals surface area (Å²) in [4.78, 5) is 13.3. The number of carbonyl (C=O) groups is 1.